The van der Waals surface area contributed by atoms with Crippen LogP contribution in [0.25, 0.3) is 0 Å². The quantitative estimate of drug-likeness (QED) is 0.133. The summed E-state index contributed by atoms with van der Waals surface area (Å²) in [5, 5.41) is 13.2. The fourth-order valence-corrected chi connectivity index (χ4v) is 2.73. The van der Waals surface area contributed by atoms with Crippen molar-refractivity contribution in [1.82, 2.24) is 20.2 Å². The Labute approximate surface area is 214 Å². The van der Waals surface area contributed by atoms with Gasteiger partial charge in [0.25, 0.3) is 0 Å². The number of hydrogen-bond acceptors (Lipinski definition) is 8. The summed E-state index contributed by atoms with van der Waals surface area (Å²) in [5.41, 5.74) is 12.5. The highest BCUT2D eigenvalue weighted by Crippen LogP contribution is 2.11. The largest absolute Gasteiger partial charge is 0.390 e. The standard InChI is InChI=1S/C10H17N7S.C8H13NO.2C2H6.C2H4.2H2/c1-2-14-5-6(3-11)15-10-16-8(13)7(4-12)9(18)17-10;1-2-8(10)9-6-4-3-5-7-9;3*1-2;;/h4-5,12,14H,2-3,11H2,1H3,(H4,13,15,16,17,18);2H,1,3-7H2;2*1-2H3;1-2H2;2*1H/b6-5+,12-4?;;;;;;. The third kappa shape index (κ3) is 15.0. The van der Waals surface area contributed by atoms with Crippen molar-refractivity contribution in [3.05, 3.63) is 47.9 Å². The molecular weight excluding hydrogens is 448 g/mol. The minimum absolute atomic E-state index is 0. The van der Waals surface area contributed by atoms with E-state index in [1.165, 1.54) is 12.5 Å². The summed E-state index contributed by atoms with van der Waals surface area (Å²) in [5.74, 6) is 0.782. The fourth-order valence-electron chi connectivity index (χ4n) is 2.47. The predicted molar refractivity (Wildman–Crippen MR) is 155 cm³/mol. The van der Waals surface area contributed by atoms with Gasteiger partial charge in [0.05, 0.1) is 5.56 Å². The summed E-state index contributed by atoms with van der Waals surface area (Å²) in [6, 6.07) is 0. The lowest BCUT2D eigenvalue weighted by Gasteiger charge is -2.25. The fraction of sp³-hybridized carbons (Fsp3) is 0.500. The summed E-state index contributed by atoms with van der Waals surface area (Å²) < 4.78 is 0.267. The normalized spacial score (nSPS) is 11.8. The minimum atomic E-state index is 0. The average molecular weight is 499 g/mol. The molecule has 0 bridgehead atoms. The third-order valence-corrected chi connectivity index (χ3v) is 4.26. The Morgan fingerprint density at radius 1 is 1.26 bits per heavy atom. The molecule has 0 unspecified atom stereocenters. The third-order valence-electron chi connectivity index (χ3n) is 3.95. The van der Waals surface area contributed by atoms with Gasteiger partial charge in [-0.1, -0.05) is 46.5 Å². The molecule has 10 heteroatoms. The first-order valence-electron chi connectivity index (χ1n) is 11.7. The number of piperidine rings is 1. The number of nitrogens with one attached hydrogen (secondary N) is 4. The molecular formula is C24H50N8OS. The number of aromatic amines is 1. The Kier molecular flexibility index (Phi) is 25.8. The highest BCUT2D eigenvalue weighted by Gasteiger charge is 2.12. The molecule has 0 atom stereocenters. The van der Waals surface area contributed by atoms with Crippen molar-refractivity contribution in [3.8, 4) is 0 Å². The lowest BCUT2D eigenvalue weighted by atomic mass is 10.1. The van der Waals surface area contributed by atoms with Crippen LogP contribution in [-0.4, -0.2) is 53.2 Å². The molecule has 1 amide bonds. The van der Waals surface area contributed by atoms with Gasteiger partial charge in [-0.05, 0) is 32.3 Å². The van der Waals surface area contributed by atoms with Crippen LogP contribution in [0.5, 0.6) is 0 Å². The van der Waals surface area contributed by atoms with Crippen LogP contribution in [0.3, 0.4) is 0 Å². The number of H-pyrrole nitrogens is 1. The lowest BCUT2D eigenvalue weighted by molar-refractivity contribution is -0.126. The molecule has 2 rings (SSSR count). The number of likely N-dealkylation sites (tertiary alicyclic amines) is 1. The van der Waals surface area contributed by atoms with Gasteiger partial charge in [-0.15, -0.1) is 13.2 Å². The highest BCUT2D eigenvalue weighted by atomic mass is 32.1. The van der Waals surface area contributed by atoms with Gasteiger partial charge in [-0.25, -0.2) is 4.98 Å². The van der Waals surface area contributed by atoms with E-state index in [1.807, 2.05) is 39.5 Å². The van der Waals surface area contributed by atoms with Crippen molar-refractivity contribution in [2.75, 3.05) is 37.2 Å². The SMILES string of the molecule is C=C.C=CC(=O)N1CCCCC1.CC.CC.CCN/C=C(\CN)Nc1nc(=S)c(C=N)c(N)[nH]1.[HH].[HH]. The number of anilines is 2. The number of amides is 1. The second-order valence-electron chi connectivity index (χ2n) is 6.01. The van der Waals surface area contributed by atoms with Crippen LogP contribution < -0.4 is 22.1 Å². The van der Waals surface area contributed by atoms with Crippen molar-refractivity contribution in [1.29, 1.82) is 5.41 Å². The molecule has 8 N–H and O–H groups in total. The molecule has 1 aliphatic heterocycles. The van der Waals surface area contributed by atoms with Crippen molar-refractivity contribution in [3.63, 3.8) is 0 Å². The summed E-state index contributed by atoms with van der Waals surface area (Å²) in [4.78, 5) is 19.7. The molecule has 1 fully saturated rings. The number of nitrogens with two attached hydrogens (primary N) is 2. The van der Waals surface area contributed by atoms with Crippen LogP contribution in [-0.2, 0) is 4.79 Å². The molecule has 1 saturated heterocycles. The first-order chi connectivity index (χ1) is 16.5. The van der Waals surface area contributed by atoms with Gasteiger partial charge in [0, 0.05) is 47.1 Å². The molecule has 0 spiro atoms. The Morgan fingerprint density at radius 2 is 1.82 bits per heavy atom. The molecule has 0 saturated carbocycles. The monoisotopic (exact) mass is 498 g/mol. The smallest absolute Gasteiger partial charge is 0.245 e. The summed E-state index contributed by atoms with van der Waals surface area (Å²) in [7, 11) is 0. The van der Waals surface area contributed by atoms with E-state index >= 15 is 0 Å². The molecule has 1 aromatic rings. The van der Waals surface area contributed by atoms with E-state index < -0.39 is 0 Å². The van der Waals surface area contributed by atoms with Crippen LogP contribution in [0.1, 0.15) is 62.3 Å². The molecule has 1 aromatic heterocycles. The Bertz CT molecular complexity index is 782. The highest BCUT2D eigenvalue weighted by molar-refractivity contribution is 7.71. The maximum Gasteiger partial charge on any atom is 0.245 e. The van der Waals surface area contributed by atoms with Crippen LogP contribution in [0, 0.1) is 10.0 Å². The van der Waals surface area contributed by atoms with Gasteiger partial charge in [0.1, 0.15) is 10.5 Å². The zero-order valence-electron chi connectivity index (χ0n) is 21.7. The van der Waals surface area contributed by atoms with Gasteiger partial charge in [-0.3, -0.25) is 4.79 Å². The van der Waals surface area contributed by atoms with Crippen molar-refractivity contribution < 1.29 is 7.65 Å². The molecule has 0 aliphatic carbocycles. The van der Waals surface area contributed by atoms with Crippen molar-refractivity contribution in [2.45, 2.75) is 53.9 Å². The molecule has 0 aromatic carbocycles. The Morgan fingerprint density at radius 3 is 2.24 bits per heavy atom. The van der Waals surface area contributed by atoms with Crippen molar-refractivity contribution in [2.24, 2.45) is 5.73 Å². The van der Waals surface area contributed by atoms with Gasteiger partial charge in [0.2, 0.25) is 11.9 Å². The first kappa shape index (κ1) is 35.6. The zero-order chi connectivity index (χ0) is 26.9. The first-order valence-corrected chi connectivity index (χ1v) is 12.1. The van der Waals surface area contributed by atoms with E-state index in [0.717, 1.165) is 44.4 Å². The zero-order valence-corrected chi connectivity index (χ0v) is 22.5. The topological polar surface area (TPSA) is 149 Å². The lowest BCUT2D eigenvalue weighted by Crippen LogP contribution is -2.34. The van der Waals surface area contributed by atoms with Gasteiger partial charge in [0.15, 0.2) is 0 Å². The number of carbonyl (C=O) groups is 1. The second-order valence-corrected chi connectivity index (χ2v) is 6.40. The molecule has 9 nitrogen and oxygen atoms in total. The van der Waals surface area contributed by atoms with E-state index in [4.69, 9.17) is 29.1 Å². The minimum Gasteiger partial charge on any atom is -0.390 e. The molecule has 2 heterocycles. The molecule has 0 radical (unpaired) electrons. The van der Waals surface area contributed by atoms with E-state index in [9.17, 15) is 4.79 Å². The Hall–Kier alpha value is -2.98. The maximum absolute atomic E-state index is 11.0. The Balaban J connectivity index is -0.000000152. The average Bonchev–Trinajstić information content (AvgIpc) is 2.90. The van der Waals surface area contributed by atoms with Crippen LogP contribution in [0.15, 0.2) is 37.7 Å². The van der Waals surface area contributed by atoms with E-state index in [-0.39, 0.29) is 13.4 Å². The predicted octanol–water partition coefficient (Wildman–Crippen LogP) is 5.07. The van der Waals surface area contributed by atoms with Gasteiger partial charge >= 0.3 is 0 Å². The van der Waals surface area contributed by atoms with Crippen LogP contribution in [0.4, 0.5) is 11.8 Å². The number of hydrogen-bond donors (Lipinski definition) is 6. The summed E-state index contributed by atoms with van der Waals surface area (Å²) in [6.45, 7) is 22.4. The van der Waals surface area contributed by atoms with E-state index in [2.05, 4.69) is 40.3 Å². The molecule has 1 aliphatic rings. The van der Waals surface area contributed by atoms with Crippen LogP contribution >= 0.6 is 12.2 Å². The number of nitrogens with zero attached hydrogens (tertiary/aromatic N) is 2. The number of rotatable bonds is 7. The van der Waals surface area contributed by atoms with Crippen LogP contribution in [0.2, 0.25) is 0 Å². The van der Waals surface area contributed by atoms with Gasteiger partial charge in [-0.2, -0.15) is 0 Å². The maximum atomic E-state index is 11.0. The van der Waals surface area contributed by atoms with E-state index in [0.29, 0.717) is 23.9 Å². The number of aromatic nitrogens is 2. The van der Waals surface area contributed by atoms with Crippen molar-refractivity contribution >= 4 is 36.1 Å². The summed E-state index contributed by atoms with van der Waals surface area (Å²) in [6.07, 6.45) is 7.80. The molecule has 198 valence electrons. The number of nitrogen functional groups attached to an aromatic ring is 1. The number of carbonyl (C=O) groups excluding carboxylic acids is 1. The molecule has 34 heavy (non-hydrogen) atoms. The summed E-state index contributed by atoms with van der Waals surface area (Å²) >= 11 is 5.03. The van der Waals surface area contributed by atoms with Gasteiger partial charge < -0.3 is 37.4 Å². The van der Waals surface area contributed by atoms with E-state index in [1.54, 1.807) is 6.20 Å². The second kappa shape index (κ2) is 24.7.